The van der Waals surface area contributed by atoms with E-state index in [9.17, 15) is 0 Å². The molecule has 0 saturated heterocycles. The van der Waals surface area contributed by atoms with Crippen LogP contribution in [-0.2, 0) is 0 Å². The fraction of sp³-hybridized carbons (Fsp3) is 0.824. The quantitative estimate of drug-likeness (QED) is 0.0545. The van der Waals surface area contributed by atoms with Crippen LogP contribution in [0.15, 0.2) is 30.3 Å². The lowest BCUT2D eigenvalue weighted by atomic mass is 10.1. The minimum absolute atomic E-state index is 0. The van der Waals surface area contributed by atoms with E-state index in [4.69, 9.17) is 0 Å². The molecule has 0 aliphatic carbocycles. The Morgan fingerprint density at radius 3 is 0.972 bits per heavy atom. The van der Waals surface area contributed by atoms with Gasteiger partial charge in [-0.05, 0) is 50.7 Å². The zero-order valence-corrected chi connectivity index (χ0v) is 27.9. The van der Waals surface area contributed by atoms with Gasteiger partial charge in [-0.2, -0.15) is 0 Å². The van der Waals surface area contributed by atoms with Crippen molar-refractivity contribution in [3.63, 3.8) is 0 Å². The number of unbranched alkanes of at least 4 members (excludes halogenated alkanes) is 19. The van der Waals surface area contributed by atoms with Gasteiger partial charge in [0.25, 0.3) is 0 Å². The van der Waals surface area contributed by atoms with E-state index in [-0.39, 0.29) is 24.0 Å². The third kappa shape index (κ3) is 18.6. The van der Waals surface area contributed by atoms with Crippen LogP contribution < -0.4 is 29.3 Å². The van der Waals surface area contributed by atoms with Gasteiger partial charge >= 0.3 is 0 Å². The number of hydrogen-bond acceptors (Lipinski definition) is 0. The van der Waals surface area contributed by atoms with Gasteiger partial charge in [0.15, 0.2) is 0 Å². The monoisotopic (exact) mass is 630 g/mol. The van der Waals surface area contributed by atoms with Crippen LogP contribution >= 0.6 is 7.26 Å². The summed E-state index contributed by atoms with van der Waals surface area (Å²) in [6, 6.07) is 11.9. The van der Waals surface area contributed by atoms with Gasteiger partial charge in [-0.25, -0.2) is 0 Å². The number of halogens is 1. The van der Waals surface area contributed by atoms with Gasteiger partial charge < -0.3 is 24.0 Å². The Labute approximate surface area is 246 Å². The van der Waals surface area contributed by atoms with E-state index in [1.165, 1.54) is 160 Å². The molecule has 0 spiro atoms. The summed E-state index contributed by atoms with van der Waals surface area (Å²) in [5, 5.41) is 1.76. The van der Waals surface area contributed by atoms with Gasteiger partial charge in [0.1, 0.15) is 0 Å². The van der Waals surface area contributed by atoms with Crippen molar-refractivity contribution >= 4 is 12.6 Å². The number of benzene rings is 1. The molecule has 0 aliphatic rings. The van der Waals surface area contributed by atoms with Crippen LogP contribution in [0.3, 0.4) is 0 Å². The molecular formula is C34H64IP. The SMILES string of the molecule is CCCCCCCCCC[P+](CCCCCCCCC)(CCCCCCCCC)c1ccccc1.[I-]. The first-order valence-corrected chi connectivity index (χ1v) is 18.5. The van der Waals surface area contributed by atoms with E-state index in [0.717, 1.165) is 0 Å². The van der Waals surface area contributed by atoms with E-state index in [1.807, 2.05) is 0 Å². The largest absolute Gasteiger partial charge is 1.00 e. The number of rotatable bonds is 26. The van der Waals surface area contributed by atoms with E-state index in [0.29, 0.717) is 0 Å². The molecule has 2 heteroatoms. The molecular weight excluding hydrogens is 566 g/mol. The lowest BCUT2D eigenvalue weighted by molar-refractivity contribution is -0.00000771. The van der Waals surface area contributed by atoms with Crippen LogP contribution in [0.5, 0.6) is 0 Å². The maximum absolute atomic E-state index is 2.51. The highest BCUT2D eigenvalue weighted by Crippen LogP contribution is 2.59. The fourth-order valence-corrected chi connectivity index (χ4v) is 10.5. The average Bonchev–Trinajstić information content (AvgIpc) is 2.89. The molecule has 1 aromatic carbocycles. The highest BCUT2D eigenvalue weighted by atomic mass is 127. The van der Waals surface area contributed by atoms with Crippen molar-refractivity contribution in [2.75, 3.05) is 18.5 Å². The van der Waals surface area contributed by atoms with Gasteiger partial charge in [-0.15, -0.1) is 0 Å². The van der Waals surface area contributed by atoms with Crippen LogP contribution in [-0.4, -0.2) is 18.5 Å². The highest BCUT2D eigenvalue weighted by Gasteiger charge is 2.38. The molecule has 0 saturated carbocycles. The molecule has 0 aromatic heterocycles. The van der Waals surface area contributed by atoms with Crippen LogP contribution in [0.2, 0.25) is 0 Å². The molecule has 0 N–H and O–H groups in total. The van der Waals surface area contributed by atoms with Crippen LogP contribution in [0.1, 0.15) is 162 Å². The first kappa shape index (κ1) is 36.4. The second-order valence-electron chi connectivity index (χ2n) is 11.4. The van der Waals surface area contributed by atoms with Crippen molar-refractivity contribution in [2.24, 2.45) is 0 Å². The predicted octanol–water partition coefficient (Wildman–Crippen LogP) is 8.98. The van der Waals surface area contributed by atoms with Gasteiger partial charge in [-0.3, -0.25) is 0 Å². The van der Waals surface area contributed by atoms with Crippen molar-refractivity contribution < 1.29 is 24.0 Å². The zero-order valence-electron chi connectivity index (χ0n) is 24.9. The average molecular weight is 631 g/mol. The smallest absolute Gasteiger partial charge is 0.0939 e. The predicted molar refractivity (Wildman–Crippen MR) is 166 cm³/mol. The Morgan fingerprint density at radius 1 is 0.389 bits per heavy atom. The van der Waals surface area contributed by atoms with E-state index in [1.54, 1.807) is 5.30 Å². The summed E-state index contributed by atoms with van der Waals surface area (Å²) in [6.45, 7) is 6.98. The van der Waals surface area contributed by atoms with Gasteiger partial charge in [0.05, 0.1) is 23.8 Å². The molecule has 1 rings (SSSR count). The lowest BCUT2D eigenvalue weighted by Gasteiger charge is -2.28. The summed E-state index contributed by atoms with van der Waals surface area (Å²) in [5.74, 6) is 0. The standard InChI is InChI=1S/C34H64P.HI/c1-4-7-10-13-16-19-22-28-33-35(34-29-24-23-25-30-34,31-26-20-17-14-11-8-5-2)32-27-21-18-15-12-9-6-3;/h23-25,29-30H,4-22,26-28,31-33H2,1-3H3;1H/q+1;/p-1. The van der Waals surface area contributed by atoms with Gasteiger partial charge in [-0.1, -0.05) is 142 Å². The normalized spacial score (nSPS) is 11.5. The Hall–Kier alpha value is 0.380. The molecule has 212 valence electrons. The zero-order chi connectivity index (χ0) is 25.3. The maximum Gasteiger partial charge on any atom is 0.0939 e. The fourth-order valence-electron chi connectivity index (χ4n) is 5.76. The Morgan fingerprint density at radius 2 is 0.667 bits per heavy atom. The Balaban J connectivity index is 0.0000122. The minimum Gasteiger partial charge on any atom is -1.00 e. The molecule has 36 heavy (non-hydrogen) atoms. The van der Waals surface area contributed by atoms with E-state index < -0.39 is 7.26 Å². The first-order valence-electron chi connectivity index (χ1n) is 16.2. The van der Waals surface area contributed by atoms with Crippen molar-refractivity contribution in [3.05, 3.63) is 30.3 Å². The summed E-state index contributed by atoms with van der Waals surface area (Å²) >= 11 is 0. The highest BCUT2D eigenvalue weighted by molar-refractivity contribution is 7.82. The first-order chi connectivity index (χ1) is 17.3. The third-order valence-electron chi connectivity index (χ3n) is 8.12. The molecule has 0 aliphatic heterocycles. The van der Waals surface area contributed by atoms with Crippen LogP contribution in [0.25, 0.3) is 0 Å². The Kier molecular flexibility index (Phi) is 27.3. The van der Waals surface area contributed by atoms with Crippen LogP contribution in [0, 0.1) is 0 Å². The molecule has 0 bridgehead atoms. The van der Waals surface area contributed by atoms with Crippen LogP contribution in [0.4, 0.5) is 0 Å². The van der Waals surface area contributed by atoms with Crippen molar-refractivity contribution in [2.45, 2.75) is 162 Å². The second-order valence-corrected chi connectivity index (χ2v) is 15.5. The minimum atomic E-state index is -1.04. The van der Waals surface area contributed by atoms with Gasteiger partial charge in [0, 0.05) is 7.26 Å². The van der Waals surface area contributed by atoms with Crippen molar-refractivity contribution in [1.82, 2.24) is 0 Å². The van der Waals surface area contributed by atoms with E-state index in [2.05, 4.69) is 51.1 Å². The van der Waals surface area contributed by atoms with E-state index >= 15 is 0 Å². The molecule has 0 amide bonds. The Bertz CT molecular complexity index is 525. The molecule has 1 aromatic rings. The topological polar surface area (TPSA) is 0 Å². The second kappa shape index (κ2) is 27.0. The lowest BCUT2D eigenvalue weighted by Crippen LogP contribution is -3.00. The van der Waals surface area contributed by atoms with Crippen molar-refractivity contribution in [1.29, 1.82) is 0 Å². The molecule has 0 unspecified atom stereocenters. The maximum atomic E-state index is 2.51. The third-order valence-corrected chi connectivity index (χ3v) is 13.0. The number of hydrogen-bond donors (Lipinski definition) is 0. The summed E-state index contributed by atoms with van der Waals surface area (Å²) in [5.41, 5.74) is 0. The molecule has 0 radical (unpaired) electrons. The summed E-state index contributed by atoms with van der Waals surface area (Å²) in [6.07, 6.45) is 36.4. The molecule has 0 fully saturated rings. The van der Waals surface area contributed by atoms with Gasteiger partial charge in [0.2, 0.25) is 0 Å². The summed E-state index contributed by atoms with van der Waals surface area (Å²) in [7, 11) is -1.04. The molecule has 0 atom stereocenters. The summed E-state index contributed by atoms with van der Waals surface area (Å²) in [4.78, 5) is 0. The molecule has 0 heterocycles. The molecule has 0 nitrogen and oxygen atoms in total. The van der Waals surface area contributed by atoms with Crippen molar-refractivity contribution in [3.8, 4) is 0 Å². The summed E-state index contributed by atoms with van der Waals surface area (Å²) < 4.78 is 0.